The third kappa shape index (κ3) is 2.05. The quantitative estimate of drug-likeness (QED) is 0.785. The van der Waals surface area contributed by atoms with E-state index in [2.05, 4.69) is 39.5 Å². The summed E-state index contributed by atoms with van der Waals surface area (Å²) in [7, 11) is 0. The van der Waals surface area contributed by atoms with Crippen LogP contribution in [0.15, 0.2) is 16.9 Å². The molecule has 0 aromatic carbocycles. The summed E-state index contributed by atoms with van der Waals surface area (Å²) in [5.74, 6) is 0.524. The van der Waals surface area contributed by atoms with Crippen LogP contribution >= 0.6 is 12.6 Å². The zero-order valence-corrected chi connectivity index (χ0v) is 11.1. The Bertz CT molecular complexity index is 452. The van der Waals surface area contributed by atoms with Gasteiger partial charge in [0.15, 0.2) is 0 Å². The molecule has 0 amide bonds. The zero-order valence-electron chi connectivity index (χ0n) is 10.2. The molecule has 0 spiro atoms. The van der Waals surface area contributed by atoms with Crippen molar-refractivity contribution in [3.8, 4) is 0 Å². The fourth-order valence-corrected chi connectivity index (χ4v) is 2.26. The predicted octanol–water partition coefficient (Wildman–Crippen LogP) is 2.91. The van der Waals surface area contributed by atoms with E-state index in [4.69, 9.17) is 0 Å². The van der Waals surface area contributed by atoms with Crippen LogP contribution in [-0.2, 0) is 11.2 Å². The number of hydrogen-bond acceptors (Lipinski definition) is 2. The first-order chi connectivity index (χ1) is 7.45. The molecule has 0 unspecified atom stereocenters. The van der Waals surface area contributed by atoms with Gasteiger partial charge in [0.25, 0.3) is 5.56 Å². The lowest BCUT2D eigenvalue weighted by Gasteiger charge is -2.24. The predicted molar refractivity (Wildman–Crippen MR) is 70.4 cm³/mol. The van der Waals surface area contributed by atoms with E-state index in [0.29, 0.717) is 11.8 Å². The Morgan fingerprint density at radius 2 is 2.00 bits per heavy atom. The standard InChI is InChI=1S/C13H19NOS/c1-13(2,3)11-7-4-9(8-16)12(15)14(11)10-5-6-10/h4,7,10,16H,5-6,8H2,1-3H3. The van der Waals surface area contributed by atoms with E-state index in [-0.39, 0.29) is 11.0 Å². The molecule has 0 aliphatic heterocycles. The van der Waals surface area contributed by atoms with E-state index in [9.17, 15) is 4.79 Å². The van der Waals surface area contributed by atoms with Crippen LogP contribution < -0.4 is 5.56 Å². The second kappa shape index (κ2) is 3.95. The highest BCUT2D eigenvalue weighted by molar-refractivity contribution is 7.79. The minimum atomic E-state index is 0.0247. The Labute approximate surface area is 102 Å². The van der Waals surface area contributed by atoms with E-state index in [1.54, 1.807) is 0 Å². The third-order valence-corrected chi connectivity index (χ3v) is 3.39. The fraction of sp³-hybridized carbons (Fsp3) is 0.615. The van der Waals surface area contributed by atoms with E-state index < -0.39 is 0 Å². The molecule has 1 heterocycles. The number of nitrogens with zero attached hydrogens (tertiary/aromatic N) is 1. The van der Waals surface area contributed by atoms with Gasteiger partial charge in [-0.3, -0.25) is 4.79 Å². The van der Waals surface area contributed by atoms with Crippen molar-refractivity contribution >= 4 is 12.6 Å². The Hall–Kier alpha value is -0.700. The summed E-state index contributed by atoms with van der Waals surface area (Å²) in [6, 6.07) is 4.45. The van der Waals surface area contributed by atoms with Crippen molar-refractivity contribution < 1.29 is 0 Å². The highest BCUT2D eigenvalue weighted by Crippen LogP contribution is 2.37. The molecule has 0 radical (unpaired) electrons. The molecule has 1 aliphatic rings. The summed E-state index contributed by atoms with van der Waals surface area (Å²) >= 11 is 4.21. The minimum absolute atomic E-state index is 0.0247. The maximum Gasteiger partial charge on any atom is 0.255 e. The molecule has 0 atom stereocenters. The van der Waals surface area contributed by atoms with Gasteiger partial charge in [0.05, 0.1) is 0 Å². The SMILES string of the molecule is CC(C)(C)c1ccc(CS)c(=O)n1C1CC1. The highest BCUT2D eigenvalue weighted by atomic mass is 32.1. The number of thiol groups is 1. The van der Waals surface area contributed by atoms with Gasteiger partial charge in [-0.25, -0.2) is 0 Å². The molecule has 1 fully saturated rings. The number of rotatable bonds is 2. The van der Waals surface area contributed by atoms with Gasteiger partial charge in [0.2, 0.25) is 0 Å². The van der Waals surface area contributed by atoms with Crippen LogP contribution in [0.4, 0.5) is 0 Å². The topological polar surface area (TPSA) is 22.0 Å². The maximum atomic E-state index is 12.3. The normalized spacial score (nSPS) is 16.5. The van der Waals surface area contributed by atoms with Gasteiger partial charge in [-0.15, -0.1) is 0 Å². The molecule has 0 N–H and O–H groups in total. The van der Waals surface area contributed by atoms with Gasteiger partial charge < -0.3 is 4.57 Å². The molecule has 1 aromatic rings. The summed E-state index contributed by atoms with van der Waals surface area (Å²) in [6.07, 6.45) is 2.28. The minimum Gasteiger partial charge on any atom is -0.309 e. The summed E-state index contributed by atoms with van der Waals surface area (Å²) in [6.45, 7) is 6.46. The molecule has 0 bridgehead atoms. The van der Waals surface area contributed by atoms with Gasteiger partial charge in [0, 0.05) is 28.5 Å². The molecule has 1 aliphatic carbocycles. The first-order valence-electron chi connectivity index (χ1n) is 5.81. The Kier molecular flexibility index (Phi) is 2.91. The number of aromatic nitrogens is 1. The van der Waals surface area contributed by atoms with E-state index in [1.165, 1.54) is 0 Å². The van der Waals surface area contributed by atoms with E-state index in [0.717, 1.165) is 24.1 Å². The lowest BCUT2D eigenvalue weighted by Crippen LogP contribution is -2.30. The fourth-order valence-electron chi connectivity index (χ4n) is 2.02. The monoisotopic (exact) mass is 237 g/mol. The number of pyridine rings is 1. The second-order valence-corrected chi connectivity index (χ2v) is 5.87. The van der Waals surface area contributed by atoms with E-state index >= 15 is 0 Å². The van der Waals surface area contributed by atoms with Crippen LogP contribution in [0.25, 0.3) is 0 Å². The largest absolute Gasteiger partial charge is 0.309 e. The highest BCUT2D eigenvalue weighted by Gasteiger charge is 2.30. The first kappa shape index (κ1) is 11.8. The number of hydrogen-bond donors (Lipinski definition) is 1. The van der Waals surface area contributed by atoms with Crippen molar-refractivity contribution in [2.75, 3.05) is 0 Å². The molecule has 16 heavy (non-hydrogen) atoms. The van der Waals surface area contributed by atoms with Crippen LogP contribution in [0.1, 0.15) is 50.9 Å². The summed E-state index contributed by atoms with van der Waals surface area (Å²) in [5.41, 5.74) is 2.13. The Morgan fingerprint density at radius 1 is 1.38 bits per heavy atom. The summed E-state index contributed by atoms with van der Waals surface area (Å²) < 4.78 is 1.99. The molecular formula is C13H19NOS. The average molecular weight is 237 g/mol. The maximum absolute atomic E-state index is 12.3. The molecule has 2 nitrogen and oxygen atoms in total. The summed E-state index contributed by atoms with van der Waals surface area (Å²) in [4.78, 5) is 12.3. The summed E-state index contributed by atoms with van der Waals surface area (Å²) in [5, 5.41) is 0. The van der Waals surface area contributed by atoms with Crippen LogP contribution in [0.2, 0.25) is 0 Å². The van der Waals surface area contributed by atoms with Crippen molar-refractivity contribution in [2.45, 2.75) is 50.8 Å². The van der Waals surface area contributed by atoms with Crippen LogP contribution in [0, 0.1) is 0 Å². The van der Waals surface area contributed by atoms with Gasteiger partial charge >= 0.3 is 0 Å². The Balaban J connectivity index is 2.62. The average Bonchev–Trinajstić information content (AvgIpc) is 2.99. The lowest BCUT2D eigenvalue weighted by molar-refractivity contribution is 0.504. The zero-order chi connectivity index (χ0) is 11.9. The molecule has 1 aromatic heterocycles. The van der Waals surface area contributed by atoms with Gasteiger partial charge in [0.1, 0.15) is 0 Å². The van der Waals surface area contributed by atoms with Crippen molar-refractivity contribution in [3.63, 3.8) is 0 Å². The molecule has 2 rings (SSSR count). The van der Waals surface area contributed by atoms with Crippen molar-refractivity contribution in [3.05, 3.63) is 33.7 Å². The van der Waals surface area contributed by atoms with Gasteiger partial charge in [-0.2, -0.15) is 12.6 Å². The second-order valence-electron chi connectivity index (χ2n) is 5.56. The van der Waals surface area contributed by atoms with Crippen LogP contribution in [0.5, 0.6) is 0 Å². The van der Waals surface area contributed by atoms with Crippen LogP contribution in [-0.4, -0.2) is 4.57 Å². The molecule has 1 saturated carbocycles. The van der Waals surface area contributed by atoms with Gasteiger partial charge in [-0.1, -0.05) is 26.8 Å². The molecule has 0 saturated heterocycles. The Morgan fingerprint density at radius 3 is 2.44 bits per heavy atom. The van der Waals surface area contributed by atoms with Gasteiger partial charge in [-0.05, 0) is 18.9 Å². The van der Waals surface area contributed by atoms with E-state index in [1.807, 2.05) is 10.6 Å². The van der Waals surface area contributed by atoms with Crippen molar-refractivity contribution in [1.82, 2.24) is 4.57 Å². The first-order valence-corrected chi connectivity index (χ1v) is 6.44. The lowest BCUT2D eigenvalue weighted by atomic mass is 9.90. The molecule has 3 heteroatoms. The van der Waals surface area contributed by atoms with Crippen molar-refractivity contribution in [1.29, 1.82) is 0 Å². The third-order valence-electron chi connectivity index (χ3n) is 3.05. The molecular weight excluding hydrogens is 218 g/mol. The smallest absolute Gasteiger partial charge is 0.255 e. The molecule has 88 valence electrons. The van der Waals surface area contributed by atoms with Crippen LogP contribution in [0.3, 0.4) is 0 Å². The van der Waals surface area contributed by atoms with Crippen molar-refractivity contribution in [2.24, 2.45) is 0 Å².